The SMILES string of the molecule is COc1cc(-n2cc(C(=O)O)c(=O)c3cc(F)c(F)c(Cl)c32)c(F)cc1F. The van der Waals surface area contributed by atoms with Gasteiger partial charge in [0.05, 0.1) is 23.7 Å². The zero-order chi connectivity index (χ0) is 20.0. The fourth-order valence-corrected chi connectivity index (χ4v) is 2.88. The number of hydrogen-bond donors (Lipinski definition) is 1. The number of aromatic nitrogens is 1. The number of carboxylic acids is 1. The number of rotatable bonds is 3. The first-order chi connectivity index (χ1) is 12.7. The second-order valence-electron chi connectivity index (χ2n) is 5.37. The van der Waals surface area contributed by atoms with Crippen molar-refractivity contribution >= 4 is 28.5 Å². The predicted molar refractivity (Wildman–Crippen MR) is 87.9 cm³/mol. The molecule has 0 aliphatic rings. The normalized spacial score (nSPS) is 11.0. The average molecular weight is 402 g/mol. The molecule has 0 spiro atoms. The fourth-order valence-electron chi connectivity index (χ4n) is 2.59. The van der Waals surface area contributed by atoms with Crippen molar-refractivity contribution in [3.8, 4) is 11.4 Å². The Balaban J connectivity index is 2.57. The van der Waals surface area contributed by atoms with E-state index in [1.165, 1.54) is 0 Å². The number of aromatic carboxylic acids is 1. The lowest BCUT2D eigenvalue weighted by Gasteiger charge is -2.16. The molecule has 0 atom stereocenters. The van der Waals surface area contributed by atoms with Crippen LogP contribution < -0.4 is 10.2 Å². The maximum absolute atomic E-state index is 14.4. The second-order valence-corrected chi connectivity index (χ2v) is 5.75. The van der Waals surface area contributed by atoms with Gasteiger partial charge in [-0.2, -0.15) is 0 Å². The molecule has 0 fully saturated rings. The number of methoxy groups -OCH3 is 1. The molecule has 0 unspecified atom stereocenters. The molecule has 2 aromatic carbocycles. The summed E-state index contributed by atoms with van der Waals surface area (Å²) < 4.78 is 61.2. The smallest absolute Gasteiger partial charge is 0.341 e. The van der Waals surface area contributed by atoms with E-state index in [0.717, 1.165) is 17.7 Å². The van der Waals surface area contributed by atoms with Gasteiger partial charge in [-0.15, -0.1) is 0 Å². The van der Waals surface area contributed by atoms with Crippen molar-refractivity contribution in [1.82, 2.24) is 4.57 Å². The zero-order valence-corrected chi connectivity index (χ0v) is 14.1. The lowest BCUT2D eigenvalue weighted by Crippen LogP contribution is -2.19. The van der Waals surface area contributed by atoms with Crippen molar-refractivity contribution in [2.45, 2.75) is 0 Å². The Bertz CT molecular complexity index is 1180. The molecule has 0 aliphatic heterocycles. The molecule has 1 aromatic heterocycles. The van der Waals surface area contributed by atoms with Crippen LogP contribution in [0, 0.1) is 23.3 Å². The molecular weight excluding hydrogens is 394 g/mol. The number of fused-ring (bicyclic) bond motifs is 1. The lowest BCUT2D eigenvalue weighted by atomic mass is 10.1. The molecule has 10 heteroatoms. The first-order valence-corrected chi connectivity index (χ1v) is 7.54. The zero-order valence-electron chi connectivity index (χ0n) is 13.3. The molecule has 1 heterocycles. The minimum atomic E-state index is -1.69. The molecule has 3 rings (SSSR count). The third kappa shape index (κ3) is 2.89. The molecule has 0 amide bonds. The van der Waals surface area contributed by atoms with Crippen LogP contribution in [0.15, 0.2) is 29.2 Å². The van der Waals surface area contributed by atoms with Gasteiger partial charge < -0.3 is 14.4 Å². The van der Waals surface area contributed by atoms with Crippen LogP contribution in [-0.2, 0) is 0 Å². The molecular formula is C17H8ClF4NO4. The summed E-state index contributed by atoms with van der Waals surface area (Å²) >= 11 is 5.80. The van der Waals surface area contributed by atoms with E-state index >= 15 is 0 Å². The maximum Gasteiger partial charge on any atom is 0.341 e. The minimum Gasteiger partial charge on any atom is -0.494 e. The van der Waals surface area contributed by atoms with Gasteiger partial charge in [0, 0.05) is 18.3 Å². The van der Waals surface area contributed by atoms with Crippen LogP contribution in [-0.4, -0.2) is 22.8 Å². The maximum atomic E-state index is 14.4. The number of pyridine rings is 1. The molecule has 0 saturated heterocycles. The number of carbonyl (C=O) groups is 1. The minimum absolute atomic E-state index is 0.408. The Morgan fingerprint density at radius 3 is 2.37 bits per heavy atom. The van der Waals surface area contributed by atoms with E-state index in [1.807, 2.05) is 0 Å². The van der Waals surface area contributed by atoms with Crippen molar-refractivity contribution in [2.24, 2.45) is 0 Å². The lowest BCUT2D eigenvalue weighted by molar-refractivity contribution is 0.0695. The van der Waals surface area contributed by atoms with Crippen molar-refractivity contribution < 1.29 is 32.2 Å². The van der Waals surface area contributed by atoms with Crippen LogP contribution in [0.3, 0.4) is 0 Å². The summed E-state index contributed by atoms with van der Waals surface area (Å²) in [6.07, 6.45) is 0.686. The molecule has 0 aliphatic carbocycles. The van der Waals surface area contributed by atoms with Gasteiger partial charge in [-0.3, -0.25) is 4.79 Å². The van der Waals surface area contributed by atoms with E-state index in [0.29, 0.717) is 18.3 Å². The third-order valence-electron chi connectivity index (χ3n) is 3.84. The third-order valence-corrected chi connectivity index (χ3v) is 4.18. The van der Waals surface area contributed by atoms with Gasteiger partial charge in [-0.05, 0) is 6.07 Å². The highest BCUT2D eigenvalue weighted by atomic mass is 35.5. The van der Waals surface area contributed by atoms with Crippen molar-refractivity contribution in [2.75, 3.05) is 7.11 Å². The van der Waals surface area contributed by atoms with Gasteiger partial charge in [0.25, 0.3) is 0 Å². The van der Waals surface area contributed by atoms with Crippen LogP contribution in [0.1, 0.15) is 10.4 Å². The van der Waals surface area contributed by atoms with Crippen molar-refractivity contribution in [3.05, 3.63) is 68.5 Å². The summed E-state index contributed by atoms with van der Waals surface area (Å²) in [7, 11) is 1.11. The first-order valence-electron chi connectivity index (χ1n) is 7.17. The molecule has 0 bridgehead atoms. The quantitative estimate of drug-likeness (QED) is 0.534. The Hall–Kier alpha value is -3.07. The Kier molecular flexibility index (Phi) is 4.56. The van der Waals surface area contributed by atoms with Crippen molar-refractivity contribution in [1.29, 1.82) is 0 Å². The van der Waals surface area contributed by atoms with E-state index in [4.69, 9.17) is 16.3 Å². The average Bonchev–Trinajstić information content (AvgIpc) is 2.61. The Morgan fingerprint density at radius 2 is 1.78 bits per heavy atom. The van der Waals surface area contributed by atoms with Crippen LogP contribution in [0.5, 0.6) is 5.75 Å². The van der Waals surface area contributed by atoms with Gasteiger partial charge in [0.15, 0.2) is 23.2 Å². The molecule has 0 saturated carbocycles. The molecule has 0 radical (unpaired) electrons. The van der Waals surface area contributed by atoms with Gasteiger partial charge in [0.2, 0.25) is 5.43 Å². The summed E-state index contributed by atoms with van der Waals surface area (Å²) in [6.45, 7) is 0. The monoisotopic (exact) mass is 401 g/mol. The fraction of sp³-hybridized carbons (Fsp3) is 0.0588. The highest BCUT2D eigenvalue weighted by Gasteiger charge is 2.23. The topological polar surface area (TPSA) is 68.5 Å². The largest absolute Gasteiger partial charge is 0.494 e. The number of ether oxygens (including phenoxy) is 1. The summed E-state index contributed by atoms with van der Waals surface area (Å²) in [4.78, 5) is 23.7. The highest BCUT2D eigenvalue weighted by Crippen LogP contribution is 2.32. The second kappa shape index (κ2) is 6.58. The van der Waals surface area contributed by atoms with E-state index in [1.54, 1.807) is 0 Å². The number of hydrogen-bond acceptors (Lipinski definition) is 3. The number of nitrogens with zero attached hydrogens (tertiary/aromatic N) is 1. The molecule has 5 nitrogen and oxygen atoms in total. The van der Waals surface area contributed by atoms with E-state index in [9.17, 15) is 32.3 Å². The van der Waals surface area contributed by atoms with Gasteiger partial charge in [0.1, 0.15) is 16.4 Å². The van der Waals surface area contributed by atoms with Crippen molar-refractivity contribution in [3.63, 3.8) is 0 Å². The number of halogens is 5. The van der Waals surface area contributed by atoms with E-state index in [2.05, 4.69) is 0 Å². The standard InChI is InChI=1S/C17H8ClF4NO4/c1-27-12-4-11(8(19)3-9(12)20)23-5-7(17(25)26)16(24)6-2-10(21)14(22)13(18)15(6)23/h2-5H,1H3,(H,25,26). The summed E-state index contributed by atoms with van der Waals surface area (Å²) in [5.74, 6) is -7.34. The summed E-state index contributed by atoms with van der Waals surface area (Å²) in [5.41, 5.74) is -2.98. The molecule has 3 aromatic rings. The number of carboxylic acid groups (broad SMARTS) is 1. The van der Waals surface area contributed by atoms with Crippen LogP contribution in [0.25, 0.3) is 16.6 Å². The summed E-state index contributed by atoms with van der Waals surface area (Å²) in [5, 5.41) is 7.74. The Morgan fingerprint density at radius 1 is 1.11 bits per heavy atom. The first kappa shape index (κ1) is 18.7. The van der Waals surface area contributed by atoms with Gasteiger partial charge in [-0.1, -0.05) is 11.6 Å². The van der Waals surface area contributed by atoms with Gasteiger partial charge >= 0.3 is 5.97 Å². The van der Waals surface area contributed by atoms with Gasteiger partial charge in [-0.25, -0.2) is 22.4 Å². The predicted octanol–water partition coefficient (Wildman–Crippen LogP) is 3.91. The van der Waals surface area contributed by atoms with Crippen LogP contribution in [0.2, 0.25) is 5.02 Å². The highest BCUT2D eigenvalue weighted by molar-refractivity contribution is 6.35. The van der Waals surface area contributed by atoms with Crippen LogP contribution >= 0.6 is 11.6 Å². The Labute approximate surface area is 153 Å². The van der Waals surface area contributed by atoms with E-state index < -0.39 is 67.6 Å². The molecule has 27 heavy (non-hydrogen) atoms. The van der Waals surface area contributed by atoms with Crippen LogP contribution in [0.4, 0.5) is 17.6 Å². The molecule has 1 N–H and O–H groups in total. The molecule has 140 valence electrons. The number of benzene rings is 2. The van der Waals surface area contributed by atoms with E-state index in [-0.39, 0.29) is 0 Å². The summed E-state index contributed by atoms with van der Waals surface area (Å²) in [6, 6.07) is 1.77.